The second-order valence-electron chi connectivity index (χ2n) is 7.89. The van der Waals surface area contributed by atoms with Gasteiger partial charge in [0.25, 0.3) is 0 Å². The highest BCUT2D eigenvalue weighted by Crippen LogP contribution is 2.48. The van der Waals surface area contributed by atoms with Crippen molar-refractivity contribution in [3.05, 3.63) is 24.3 Å². The first-order valence-electron chi connectivity index (χ1n) is 8.51. The molecule has 0 radical (unpaired) electrons. The lowest BCUT2D eigenvalue weighted by atomic mass is 9.82. The first kappa shape index (κ1) is 17.4. The van der Waals surface area contributed by atoms with Gasteiger partial charge >= 0.3 is 0 Å². The van der Waals surface area contributed by atoms with Gasteiger partial charge in [0.05, 0.1) is 12.2 Å². The monoisotopic (exact) mass is 306 g/mol. The third-order valence-electron chi connectivity index (χ3n) is 5.36. The summed E-state index contributed by atoms with van der Waals surface area (Å²) in [6.07, 6.45) is 6.93. The standard InChI is InChI=1S/C19H30O3/c1-5-8-19(3,4)11-13(20)6-7-14-15-9-12(2)18(22)16(15)10-17(14)21/h6-7,13-17,20-21H,2,5,8-11H2,1,3-4H3/t13-,14+,15+,16+,17-/m1/s1. The second kappa shape index (κ2) is 6.67. The molecule has 2 rings (SSSR count). The van der Waals surface area contributed by atoms with E-state index in [0.29, 0.717) is 18.4 Å². The van der Waals surface area contributed by atoms with Crippen LogP contribution in [0.1, 0.15) is 52.9 Å². The third kappa shape index (κ3) is 3.69. The van der Waals surface area contributed by atoms with Gasteiger partial charge in [-0.15, -0.1) is 0 Å². The average molecular weight is 306 g/mol. The quantitative estimate of drug-likeness (QED) is 0.585. The van der Waals surface area contributed by atoms with Crippen LogP contribution in [-0.2, 0) is 4.79 Å². The summed E-state index contributed by atoms with van der Waals surface area (Å²) in [5.41, 5.74) is 0.817. The molecule has 2 saturated carbocycles. The first-order valence-corrected chi connectivity index (χ1v) is 8.51. The normalized spacial score (nSPS) is 33.7. The van der Waals surface area contributed by atoms with E-state index in [1.54, 1.807) is 0 Å². The molecule has 0 bridgehead atoms. The van der Waals surface area contributed by atoms with Gasteiger partial charge in [-0.1, -0.05) is 45.9 Å². The van der Waals surface area contributed by atoms with E-state index in [-0.39, 0.29) is 29.0 Å². The van der Waals surface area contributed by atoms with E-state index >= 15 is 0 Å². The number of hydrogen-bond acceptors (Lipinski definition) is 3. The predicted molar refractivity (Wildman–Crippen MR) is 88.3 cm³/mol. The fraction of sp³-hybridized carbons (Fsp3) is 0.737. The van der Waals surface area contributed by atoms with Gasteiger partial charge < -0.3 is 10.2 Å². The van der Waals surface area contributed by atoms with Crippen LogP contribution in [0.4, 0.5) is 0 Å². The van der Waals surface area contributed by atoms with Gasteiger partial charge in [-0.25, -0.2) is 0 Å². The van der Waals surface area contributed by atoms with Gasteiger partial charge in [0.2, 0.25) is 0 Å². The molecule has 0 spiro atoms. The Hall–Kier alpha value is -0.930. The maximum atomic E-state index is 12.0. The highest BCUT2D eigenvalue weighted by Gasteiger charge is 2.49. The Morgan fingerprint density at radius 2 is 2.14 bits per heavy atom. The molecule has 0 aromatic carbocycles. The molecule has 2 fully saturated rings. The average Bonchev–Trinajstić information content (AvgIpc) is 2.84. The van der Waals surface area contributed by atoms with E-state index < -0.39 is 12.2 Å². The van der Waals surface area contributed by atoms with Crippen LogP contribution in [0.2, 0.25) is 0 Å². The number of fused-ring (bicyclic) bond motifs is 1. The number of carbonyl (C=O) groups is 1. The second-order valence-corrected chi connectivity index (χ2v) is 7.89. The summed E-state index contributed by atoms with van der Waals surface area (Å²) in [5.74, 6) is 0.203. The van der Waals surface area contributed by atoms with Crippen LogP contribution in [0.25, 0.3) is 0 Å². The zero-order valence-electron chi connectivity index (χ0n) is 14.1. The number of aliphatic hydroxyl groups excluding tert-OH is 2. The topological polar surface area (TPSA) is 57.5 Å². The zero-order chi connectivity index (χ0) is 16.5. The largest absolute Gasteiger partial charge is 0.392 e. The van der Waals surface area contributed by atoms with Crippen molar-refractivity contribution in [2.75, 3.05) is 0 Å². The molecule has 3 heteroatoms. The van der Waals surface area contributed by atoms with E-state index in [1.807, 2.05) is 12.2 Å². The predicted octanol–water partition coefficient (Wildman–Crippen LogP) is 3.26. The fourth-order valence-electron chi connectivity index (χ4n) is 4.31. The lowest BCUT2D eigenvalue weighted by Crippen LogP contribution is -2.21. The van der Waals surface area contributed by atoms with Crippen LogP contribution in [-0.4, -0.2) is 28.2 Å². The maximum absolute atomic E-state index is 12.0. The molecule has 0 saturated heterocycles. The lowest BCUT2D eigenvalue weighted by molar-refractivity contribution is -0.118. The first-order chi connectivity index (χ1) is 10.2. The number of hydrogen-bond donors (Lipinski definition) is 2. The molecule has 5 atom stereocenters. The van der Waals surface area contributed by atoms with Crippen LogP contribution >= 0.6 is 0 Å². The molecular weight excluding hydrogens is 276 g/mol. The molecule has 2 aliphatic rings. The van der Waals surface area contributed by atoms with Crippen molar-refractivity contribution in [1.29, 1.82) is 0 Å². The summed E-state index contributed by atoms with van der Waals surface area (Å²) in [4.78, 5) is 12.0. The van der Waals surface area contributed by atoms with Gasteiger partial charge in [-0.3, -0.25) is 4.79 Å². The van der Waals surface area contributed by atoms with Crippen molar-refractivity contribution in [1.82, 2.24) is 0 Å². The number of carbonyl (C=O) groups excluding carboxylic acids is 1. The summed E-state index contributed by atoms with van der Waals surface area (Å²) in [5, 5.41) is 20.5. The van der Waals surface area contributed by atoms with E-state index in [2.05, 4.69) is 27.4 Å². The van der Waals surface area contributed by atoms with Gasteiger partial charge in [0, 0.05) is 11.8 Å². The van der Waals surface area contributed by atoms with Crippen molar-refractivity contribution in [3.63, 3.8) is 0 Å². The van der Waals surface area contributed by atoms with Crippen LogP contribution in [0, 0.1) is 23.2 Å². The number of aliphatic hydroxyl groups is 2. The molecule has 0 aromatic heterocycles. The third-order valence-corrected chi connectivity index (χ3v) is 5.36. The van der Waals surface area contributed by atoms with Gasteiger partial charge in [0.1, 0.15) is 0 Å². The SMILES string of the molecule is C=C1C[C@H]2[C@H](C=C[C@@H](O)CC(C)(C)CCC)[C@H](O)C[C@@H]2C1=O. The molecule has 2 aliphatic carbocycles. The highest BCUT2D eigenvalue weighted by atomic mass is 16.3. The van der Waals surface area contributed by atoms with Crippen LogP contribution in [0.5, 0.6) is 0 Å². The Bertz CT molecular complexity index is 463. The molecule has 2 N–H and O–H groups in total. The molecule has 0 amide bonds. The Labute approximate surface area is 134 Å². The molecule has 124 valence electrons. The smallest absolute Gasteiger partial charge is 0.161 e. The summed E-state index contributed by atoms with van der Waals surface area (Å²) in [6.45, 7) is 10.3. The Morgan fingerprint density at radius 3 is 2.77 bits per heavy atom. The summed E-state index contributed by atoms with van der Waals surface area (Å²) in [6, 6.07) is 0. The minimum atomic E-state index is -0.492. The van der Waals surface area contributed by atoms with Crippen molar-refractivity contribution in [2.45, 2.75) is 65.1 Å². The van der Waals surface area contributed by atoms with E-state index in [9.17, 15) is 15.0 Å². The fourth-order valence-corrected chi connectivity index (χ4v) is 4.31. The van der Waals surface area contributed by atoms with Gasteiger partial charge in [0.15, 0.2) is 5.78 Å². The molecular formula is C19H30O3. The van der Waals surface area contributed by atoms with Crippen LogP contribution < -0.4 is 0 Å². The maximum Gasteiger partial charge on any atom is 0.161 e. The summed E-state index contributed by atoms with van der Waals surface area (Å²) in [7, 11) is 0. The van der Waals surface area contributed by atoms with Gasteiger partial charge in [-0.05, 0) is 42.6 Å². The number of Topliss-reactive ketones (excluding diaryl/α,β-unsaturated/α-hetero) is 1. The summed E-state index contributed by atoms with van der Waals surface area (Å²) < 4.78 is 0. The Kier molecular flexibility index (Phi) is 5.29. The molecule has 22 heavy (non-hydrogen) atoms. The minimum Gasteiger partial charge on any atom is -0.392 e. The van der Waals surface area contributed by atoms with E-state index in [0.717, 1.165) is 19.3 Å². The Balaban J connectivity index is 1.97. The zero-order valence-corrected chi connectivity index (χ0v) is 14.1. The molecule has 3 nitrogen and oxygen atoms in total. The van der Waals surface area contributed by atoms with Crippen molar-refractivity contribution >= 4 is 5.78 Å². The van der Waals surface area contributed by atoms with E-state index in [4.69, 9.17) is 0 Å². The number of rotatable bonds is 6. The lowest BCUT2D eigenvalue weighted by Gasteiger charge is -2.26. The number of allylic oxidation sites excluding steroid dienone is 1. The van der Waals surface area contributed by atoms with Crippen LogP contribution in [0.3, 0.4) is 0 Å². The van der Waals surface area contributed by atoms with Crippen LogP contribution in [0.15, 0.2) is 24.3 Å². The molecule has 0 aromatic rings. The summed E-state index contributed by atoms with van der Waals surface area (Å²) >= 11 is 0. The van der Waals surface area contributed by atoms with Crippen molar-refractivity contribution in [2.24, 2.45) is 23.2 Å². The van der Waals surface area contributed by atoms with E-state index in [1.165, 1.54) is 0 Å². The molecule has 0 heterocycles. The molecule has 0 aliphatic heterocycles. The van der Waals surface area contributed by atoms with Crippen molar-refractivity contribution in [3.8, 4) is 0 Å². The Morgan fingerprint density at radius 1 is 1.45 bits per heavy atom. The number of ketones is 1. The minimum absolute atomic E-state index is 0.0304. The highest BCUT2D eigenvalue weighted by molar-refractivity contribution is 5.99. The molecule has 0 unspecified atom stereocenters. The van der Waals surface area contributed by atoms with Crippen molar-refractivity contribution < 1.29 is 15.0 Å². The van der Waals surface area contributed by atoms with Gasteiger partial charge in [-0.2, -0.15) is 0 Å².